The average molecular weight is 88.1 g/mol. The highest BCUT2D eigenvalue weighted by molar-refractivity contribution is 8.12. The topological polar surface area (TPSA) is 24.4 Å². The number of nitrogens with zero attached hydrogens (tertiary/aromatic N) is 1. The summed E-state index contributed by atoms with van der Waals surface area (Å²) in [4.78, 5) is 0. The molecule has 0 aromatic heterocycles. The molecule has 0 aromatic carbocycles. The third kappa shape index (κ3) is 0.545. The molecule has 0 aliphatic carbocycles. The van der Waals surface area contributed by atoms with Crippen molar-refractivity contribution in [3.05, 3.63) is 0 Å². The molecule has 1 heterocycles. The van der Waals surface area contributed by atoms with Crippen LogP contribution in [0.25, 0.3) is 0 Å². The Kier molecular flexibility index (Phi) is 0.792. The van der Waals surface area contributed by atoms with E-state index >= 15 is 0 Å². The van der Waals surface area contributed by atoms with Crippen molar-refractivity contribution < 1.29 is 0 Å². The van der Waals surface area contributed by atoms with E-state index in [0.717, 1.165) is 5.88 Å². The summed E-state index contributed by atoms with van der Waals surface area (Å²) in [5.74, 6) is 0.944. The minimum absolute atomic E-state index is 0.944. The summed E-state index contributed by atoms with van der Waals surface area (Å²) in [5, 5.41) is 3.67. The largest absolute Gasteiger partial charge is 0.299 e. The van der Waals surface area contributed by atoms with Crippen LogP contribution in [0.2, 0.25) is 0 Å². The zero-order chi connectivity index (χ0) is 3.54. The standard InChI is InChI=1S/C2H4N2S/c1-3-4-2-5-1/h1,4H,2H2. The first-order chi connectivity index (χ1) is 2.50. The van der Waals surface area contributed by atoms with Crippen molar-refractivity contribution >= 4 is 17.3 Å². The average Bonchev–Trinajstić information content (AvgIpc) is 1.76. The number of hydrogen-bond donors (Lipinski definition) is 1. The van der Waals surface area contributed by atoms with Crippen molar-refractivity contribution in [2.45, 2.75) is 0 Å². The molecule has 1 aliphatic heterocycles. The lowest BCUT2D eigenvalue weighted by atomic mass is 11.5. The van der Waals surface area contributed by atoms with Gasteiger partial charge in [-0.25, -0.2) is 0 Å². The van der Waals surface area contributed by atoms with E-state index in [1.807, 2.05) is 0 Å². The summed E-state index contributed by atoms with van der Waals surface area (Å²) in [5.41, 5.74) is 4.55. The molecule has 1 rings (SSSR count). The smallest absolute Gasteiger partial charge is 0.0840 e. The molecule has 0 bridgehead atoms. The van der Waals surface area contributed by atoms with E-state index < -0.39 is 0 Å². The predicted octanol–water partition coefficient (Wildman–Crippen LogP) is 0.224. The number of rotatable bonds is 0. The molecule has 5 heavy (non-hydrogen) atoms. The monoisotopic (exact) mass is 88.0 g/mol. The lowest BCUT2D eigenvalue weighted by Gasteiger charge is -1.75. The highest BCUT2D eigenvalue weighted by atomic mass is 32.2. The van der Waals surface area contributed by atoms with Gasteiger partial charge in [0.1, 0.15) is 0 Å². The third-order valence-electron chi connectivity index (χ3n) is 0.366. The lowest BCUT2D eigenvalue weighted by molar-refractivity contribution is 0.897. The van der Waals surface area contributed by atoms with Gasteiger partial charge in [-0.3, -0.25) is 5.43 Å². The van der Waals surface area contributed by atoms with E-state index in [0.29, 0.717) is 0 Å². The number of thioether (sulfide) groups is 1. The van der Waals surface area contributed by atoms with Crippen LogP contribution in [0.1, 0.15) is 0 Å². The van der Waals surface area contributed by atoms with Crippen LogP contribution in [-0.2, 0) is 0 Å². The van der Waals surface area contributed by atoms with Crippen molar-refractivity contribution in [2.24, 2.45) is 5.10 Å². The first-order valence-electron chi connectivity index (χ1n) is 1.36. The van der Waals surface area contributed by atoms with Crippen LogP contribution < -0.4 is 5.43 Å². The quantitative estimate of drug-likeness (QED) is 0.458. The Hall–Kier alpha value is -0.180. The number of nitrogens with one attached hydrogen (secondary N) is 1. The van der Waals surface area contributed by atoms with Crippen LogP contribution in [-0.4, -0.2) is 11.4 Å². The fraction of sp³-hybridized carbons (Fsp3) is 0.500. The first-order valence-corrected chi connectivity index (χ1v) is 2.41. The second kappa shape index (κ2) is 1.31. The van der Waals surface area contributed by atoms with Crippen LogP contribution in [0.5, 0.6) is 0 Å². The molecule has 0 radical (unpaired) electrons. The van der Waals surface area contributed by atoms with Crippen molar-refractivity contribution in [2.75, 3.05) is 5.88 Å². The Morgan fingerprint density at radius 3 is 3.20 bits per heavy atom. The van der Waals surface area contributed by atoms with Gasteiger partial charge in [-0.2, -0.15) is 5.10 Å². The fourth-order valence-corrected chi connectivity index (χ4v) is 0.559. The van der Waals surface area contributed by atoms with E-state index in [2.05, 4.69) is 10.5 Å². The van der Waals surface area contributed by atoms with Gasteiger partial charge >= 0.3 is 0 Å². The summed E-state index contributed by atoms with van der Waals surface area (Å²) < 4.78 is 0. The molecule has 0 aromatic rings. The van der Waals surface area contributed by atoms with Crippen LogP contribution in [0.3, 0.4) is 0 Å². The van der Waals surface area contributed by atoms with Gasteiger partial charge in [-0.1, -0.05) is 11.8 Å². The second-order valence-corrected chi connectivity index (χ2v) is 1.54. The van der Waals surface area contributed by atoms with E-state index in [1.165, 1.54) is 0 Å². The van der Waals surface area contributed by atoms with Crippen LogP contribution in [0, 0.1) is 0 Å². The summed E-state index contributed by atoms with van der Waals surface area (Å²) in [6, 6.07) is 0. The molecule has 0 spiro atoms. The van der Waals surface area contributed by atoms with Gasteiger partial charge in [-0.15, -0.1) is 0 Å². The van der Waals surface area contributed by atoms with Gasteiger partial charge < -0.3 is 0 Å². The van der Waals surface area contributed by atoms with E-state index in [-0.39, 0.29) is 0 Å². The molecule has 28 valence electrons. The van der Waals surface area contributed by atoms with E-state index in [9.17, 15) is 0 Å². The first kappa shape index (κ1) is 3.03. The maximum Gasteiger partial charge on any atom is 0.0840 e. The molecule has 0 amide bonds. The van der Waals surface area contributed by atoms with Gasteiger partial charge in [0, 0.05) is 0 Å². The summed E-state index contributed by atoms with van der Waals surface area (Å²) in [6.07, 6.45) is 0. The Morgan fingerprint density at radius 1 is 2.00 bits per heavy atom. The minimum Gasteiger partial charge on any atom is -0.299 e. The third-order valence-corrected chi connectivity index (χ3v) is 0.917. The van der Waals surface area contributed by atoms with Gasteiger partial charge in [-0.05, 0) is 0 Å². The van der Waals surface area contributed by atoms with Gasteiger partial charge in [0.15, 0.2) is 0 Å². The molecule has 0 saturated carbocycles. The summed E-state index contributed by atoms with van der Waals surface area (Å²) >= 11 is 1.67. The maximum absolute atomic E-state index is 3.67. The molecule has 0 atom stereocenters. The molecule has 0 unspecified atom stereocenters. The summed E-state index contributed by atoms with van der Waals surface area (Å²) in [6.45, 7) is 0. The zero-order valence-electron chi connectivity index (χ0n) is 2.64. The highest BCUT2D eigenvalue weighted by Gasteiger charge is 1.83. The van der Waals surface area contributed by atoms with Crippen molar-refractivity contribution in [1.29, 1.82) is 0 Å². The molecule has 3 heteroatoms. The van der Waals surface area contributed by atoms with Crippen LogP contribution in [0.15, 0.2) is 5.10 Å². The van der Waals surface area contributed by atoms with Crippen molar-refractivity contribution in [3.63, 3.8) is 0 Å². The lowest BCUT2D eigenvalue weighted by Crippen LogP contribution is -1.93. The van der Waals surface area contributed by atoms with Crippen LogP contribution in [0.4, 0.5) is 0 Å². The van der Waals surface area contributed by atoms with Crippen molar-refractivity contribution in [1.82, 2.24) is 5.43 Å². The second-order valence-electron chi connectivity index (χ2n) is 0.704. The molecule has 1 aliphatic rings. The summed E-state index contributed by atoms with van der Waals surface area (Å²) in [7, 11) is 0. The van der Waals surface area contributed by atoms with Gasteiger partial charge in [0.2, 0.25) is 0 Å². The normalized spacial score (nSPS) is 19.2. The van der Waals surface area contributed by atoms with E-state index in [4.69, 9.17) is 0 Å². The number of hydrogen-bond acceptors (Lipinski definition) is 3. The van der Waals surface area contributed by atoms with Crippen LogP contribution >= 0.6 is 11.8 Å². The number of hydrazone groups is 1. The molecule has 2 nitrogen and oxygen atoms in total. The molecule has 1 N–H and O–H groups in total. The predicted molar refractivity (Wildman–Crippen MR) is 24.1 cm³/mol. The minimum atomic E-state index is 0.944. The fourth-order valence-electron chi connectivity index (χ4n) is 0.186. The SMILES string of the molecule is C1=NNCS1. The maximum atomic E-state index is 3.67. The molecular formula is C2H4N2S. The van der Waals surface area contributed by atoms with E-state index in [1.54, 1.807) is 17.3 Å². The highest BCUT2D eigenvalue weighted by Crippen LogP contribution is 1.94. The Bertz CT molecular complexity index is 45.6. The molecular weight excluding hydrogens is 84.1 g/mol. The van der Waals surface area contributed by atoms with Gasteiger partial charge in [0.25, 0.3) is 0 Å². The Labute approximate surface area is 34.6 Å². The van der Waals surface area contributed by atoms with Crippen molar-refractivity contribution in [3.8, 4) is 0 Å². The van der Waals surface area contributed by atoms with Gasteiger partial charge in [0.05, 0.1) is 11.4 Å². The Balaban J connectivity index is 2.32. The zero-order valence-corrected chi connectivity index (χ0v) is 3.46. The Morgan fingerprint density at radius 2 is 3.00 bits per heavy atom. The molecule has 0 fully saturated rings. The molecule has 0 saturated heterocycles.